The number of amides is 1. The van der Waals surface area contributed by atoms with Gasteiger partial charge in [0.1, 0.15) is 11.3 Å². The van der Waals surface area contributed by atoms with Crippen molar-refractivity contribution in [2.75, 3.05) is 19.7 Å². The molecule has 2 fully saturated rings. The minimum atomic E-state index is -4.52. The highest BCUT2D eigenvalue weighted by molar-refractivity contribution is 5.94. The summed E-state index contributed by atoms with van der Waals surface area (Å²) in [5.74, 6) is -0.343. The van der Waals surface area contributed by atoms with Crippen LogP contribution in [0.25, 0.3) is 0 Å². The fourth-order valence-corrected chi connectivity index (χ4v) is 3.32. The molecule has 2 aliphatic heterocycles. The van der Waals surface area contributed by atoms with Crippen molar-refractivity contribution >= 4 is 5.91 Å². The zero-order valence-electron chi connectivity index (χ0n) is 13.5. The molecule has 0 aromatic carbocycles. The first kappa shape index (κ1) is 17.2. The predicted octanol–water partition coefficient (Wildman–Crippen LogP) is 2.51. The van der Waals surface area contributed by atoms with E-state index in [9.17, 15) is 18.0 Å². The maximum absolute atomic E-state index is 12.7. The maximum Gasteiger partial charge on any atom is 0.433 e. The fraction of sp³-hybridized carbons (Fsp3) is 0.625. The van der Waals surface area contributed by atoms with Crippen LogP contribution in [0.2, 0.25) is 0 Å². The van der Waals surface area contributed by atoms with E-state index >= 15 is 0 Å². The molecule has 0 unspecified atom stereocenters. The Balaban J connectivity index is 1.79. The smallest absolute Gasteiger partial charge is 0.375 e. The highest BCUT2D eigenvalue weighted by atomic mass is 19.4. The summed E-state index contributed by atoms with van der Waals surface area (Å²) in [6, 6.07) is 1.99. The van der Waals surface area contributed by atoms with E-state index < -0.39 is 17.5 Å². The van der Waals surface area contributed by atoms with Crippen LogP contribution >= 0.6 is 0 Å². The molecule has 2 saturated heterocycles. The van der Waals surface area contributed by atoms with Gasteiger partial charge >= 0.3 is 6.18 Å². The second-order valence-electron chi connectivity index (χ2n) is 6.37. The summed E-state index contributed by atoms with van der Waals surface area (Å²) >= 11 is 0. The van der Waals surface area contributed by atoms with Crippen molar-refractivity contribution in [3.63, 3.8) is 0 Å². The number of pyridine rings is 1. The monoisotopic (exact) mass is 344 g/mol. The average Bonchev–Trinajstić information content (AvgIpc) is 2.85. The first-order chi connectivity index (χ1) is 11.2. The first-order valence-electron chi connectivity index (χ1n) is 7.83. The number of hydrogen-bond donors (Lipinski definition) is 0. The summed E-state index contributed by atoms with van der Waals surface area (Å²) < 4.78 is 49.4. The molecule has 3 atom stereocenters. The molecule has 0 radical (unpaired) electrons. The van der Waals surface area contributed by atoms with Gasteiger partial charge in [0, 0.05) is 25.8 Å². The Morgan fingerprint density at radius 3 is 2.67 bits per heavy atom. The molecule has 1 spiro atoms. The minimum Gasteiger partial charge on any atom is -0.375 e. The molecule has 5 nitrogen and oxygen atoms in total. The van der Waals surface area contributed by atoms with Crippen LogP contribution < -0.4 is 0 Å². The Labute approximate surface area is 137 Å². The SMILES string of the molecule is C[C@@H]1CN(C(=O)c2ccc(C(F)(F)F)nc2)C[C@@]2(CCO[C@@H]2C)O1. The summed E-state index contributed by atoms with van der Waals surface area (Å²) in [5.41, 5.74) is -1.42. The number of hydrogen-bond acceptors (Lipinski definition) is 4. The lowest BCUT2D eigenvalue weighted by molar-refractivity contribution is -0.160. The molecule has 3 heterocycles. The van der Waals surface area contributed by atoms with Crippen LogP contribution in [0.1, 0.15) is 36.3 Å². The standard InChI is InChI=1S/C16H19F3N2O3/c1-10-8-21(9-15(24-10)5-6-23-11(15)2)14(22)12-3-4-13(20-7-12)16(17,18)19/h3-4,7,10-11H,5-6,8-9H2,1-2H3/t10-,11-,15-/m1/s1. The minimum absolute atomic E-state index is 0.138. The lowest BCUT2D eigenvalue weighted by atomic mass is 9.92. The molecular weight excluding hydrogens is 325 g/mol. The fourth-order valence-electron chi connectivity index (χ4n) is 3.32. The van der Waals surface area contributed by atoms with Crippen molar-refractivity contribution < 1.29 is 27.4 Å². The van der Waals surface area contributed by atoms with Crippen LogP contribution in [0.5, 0.6) is 0 Å². The van der Waals surface area contributed by atoms with Crippen molar-refractivity contribution in [2.24, 2.45) is 0 Å². The van der Waals surface area contributed by atoms with E-state index in [2.05, 4.69) is 4.98 Å². The van der Waals surface area contributed by atoms with E-state index in [1.807, 2.05) is 13.8 Å². The van der Waals surface area contributed by atoms with Crippen LogP contribution in [-0.2, 0) is 15.7 Å². The number of carbonyl (C=O) groups excluding carboxylic acids is 1. The van der Waals surface area contributed by atoms with Gasteiger partial charge in [-0.2, -0.15) is 13.2 Å². The van der Waals surface area contributed by atoms with Gasteiger partial charge in [-0.3, -0.25) is 9.78 Å². The van der Waals surface area contributed by atoms with Gasteiger partial charge in [0.05, 0.1) is 24.3 Å². The zero-order chi connectivity index (χ0) is 17.5. The van der Waals surface area contributed by atoms with Gasteiger partial charge in [-0.15, -0.1) is 0 Å². The van der Waals surface area contributed by atoms with Crippen LogP contribution in [0.4, 0.5) is 13.2 Å². The molecule has 0 saturated carbocycles. The Morgan fingerprint density at radius 2 is 2.12 bits per heavy atom. The molecule has 0 N–H and O–H groups in total. The lowest BCUT2D eigenvalue weighted by Crippen LogP contribution is -2.59. The molecule has 132 valence electrons. The number of rotatable bonds is 1. The van der Waals surface area contributed by atoms with Gasteiger partial charge < -0.3 is 14.4 Å². The van der Waals surface area contributed by atoms with E-state index in [0.29, 0.717) is 26.1 Å². The lowest BCUT2D eigenvalue weighted by Gasteiger charge is -2.45. The molecule has 1 aromatic heterocycles. The van der Waals surface area contributed by atoms with Crippen molar-refractivity contribution in [1.82, 2.24) is 9.88 Å². The number of nitrogens with zero attached hydrogens (tertiary/aromatic N) is 2. The summed E-state index contributed by atoms with van der Waals surface area (Å²) in [6.45, 7) is 5.09. The highest BCUT2D eigenvalue weighted by Gasteiger charge is 2.48. The third-order valence-electron chi connectivity index (χ3n) is 4.59. The van der Waals surface area contributed by atoms with Crippen molar-refractivity contribution in [2.45, 2.75) is 44.3 Å². The summed E-state index contributed by atoms with van der Waals surface area (Å²) in [6.07, 6.45) is -3.16. The third-order valence-corrected chi connectivity index (χ3v) is 4.59. The van der Waals surface area contributed by atoms with Crippen LogP contribution in [0.3, 0.4) is 0 Å². The third kappa shape index (κ3) is 3.12. The van der Waals surface area contributed by atoms with E-state index in [0.717, 1.165) is 12.3 Å². The Kier molecular flexibility index (Phi) is 4.29. The van der Waals surface area contributed by atoms with Crippen LogP contribution in [0, 0.1) is 0 Å². The summed E-state index contributed by atoms with van der Waals surface area (Å²) in [7, 11) is 0. The largest absolute Gasteiger partial charge is 0.433 e. The molecule has 24 heavy (non-hydrogen) atoms. The Hall–Kier alpha value is -1.67. The number of halogens is 3. The summed E-state index contributed by atoms with van der Waals surface area (Å²) in [4.78, 5) is 17.6. The molecule has 8 heteroatoms. The van der Waals surface area contributed by atoms with Crippen LogP contribution in [0.15, 0.2) is 18.3 Å². The van der Waals surface area contributed by atoms with Gasteiger partial charge in [0.25, 0.3) is 5.91 Å². The van der Waals surface area contributed by atoms with E-state index in [4.69, 9.17) is 9.47 Å². The molecule has 1 aromatic rings. The van der Waals surface area contributed by atoms with Crippen molar-refractivity contribution in [3.8, 4) is 0 Å². The Bertz CT molecular complexity index is 620. The number of ether oxygens (including phenoxy) is 2. The number of alkyl halides is 3. The predicted molar refractivity (Wildman–Crippen MR) is 78.5 cm³/mol. The quantitative estimate of drug-likeness (QED) is 0.786. The van der Waals surface area contributed by atoms with Gasteiger partial charge in [0.15, 0.2) is 0 Å². The van der Waals surface area contributed by atoms with E-state index in [1.165, 1.54) is 6.07 Å². The second kappa shape index (κ2) is 6.00. The first-order valence-corrected chi connectivity index (χ1v) is 7.83. The molecule has 0 aliphatic carbocycles. The average molecular weight is 344 g/mol. The number of morpholine rings is 1. The van der Waals surface area contributed by atoms with Crippen LogP contribution in [-0.4, -0.2) is 53.3 Å². The number of carbonyl (C=O) groups is 1. The van der Waals surface area contributed by atoms with E-state index in [-0.39, 0.29) is 23.7 Å². The molecule has 2 aliphatic rings. The molecule has 3 rings (SSSR count). The van der Waals surface area contributed by atoms with Gasteiger partial charge in [0.2, 0.25) is 0 Å². The Morgan fingerprint density at radius 1 is 1.38 bits per heavy atom. The zero-order valence-corrected chi connectivity index (χ0v) is 13.5. The molecule has 0 bridgehead atoms. The molecule has 1 amide bonds. The second-order valence-corrected chi connectivity index (χ2v) is 6.37. The van der Waals surface area contributed by atoms with Crippen molar-refractivity contribution in [3.05, 3.63) is 29.6 Å². The normalized spacial score (nSPS) is 30.8. The summed E-state index contributed by atoms with van der Waals surface area (Å²) in [5, 5.41) is 0. The van der Waals surface area contributed by atoms with Gasteiger partial charge in [-0.25, -0.2) is 0 Å². The number of aromatic nitrogens is 1. The highest BCUT2D eigenvalue weighted by Crippen LogP contribution is 2.35. The van der Waals surface area contributed by atoms with Gasteiger partial charge in [-0.05, 0) is 26.0 Å². The molecular formula is C16H19F3N2O3. The van der Waals surface area contributed by atoms with Crippen molar-refractivity contribution in [1.29, 1.82) is 0 Å². The maximum atomic E-state index is 12.7. The topological polar surface area (TPSA) is 51.7 Å². The van der Waals surface area contributed by atoms with Gasteiger partial charge in [-0.1, -0.05) is 0 Å². The van der Waals surface area contributed by atoms with E-state index in [1.54, 1.807) is 4.90 Å².